The molecule has 0 aromatic rings. The van der Waals surface area contributed by atoms with Crippen molar-refractivity contribution in [3.05, 3.63) is 0 Å². The van der Waals surface area contributed by atoms with Gasteiger partial charge in [0.1, 0.15) is 6.04 Å². The summed E-state index contributed by atoms with van der Waals surface area (Å²) in [7, 11) is 0. The lowest BCUT2D eigenvalue weighted by molar-refractivity contribution is -0.161. The third-order valence-corrected chi connectivity index (χ3v) is 8.45. The topological polar surface area (TPSA) is 89.6 Å². The minimum Gasteiger partial charge on any atom is -0.394 e. The lowest BCUT2D eigenvalue weighted by atomic mass is 10.0. The minimum absolute atomic E-state index is 0.239. The molecule has 244 valence electrons. The van der Waals surface area contributed by atoms with Crippen molar-refractivity contribution in [1.82, 2.24) is 0 Å². The Kier molecular flexibility index (Phi) is 32.8. The molecular formula is C36H71NO4. The van der Waals surface area contributed by atoms with Crippen molar-refractivity contribution in [3.8, 4) is 0 Å². The first-order chi connectivity index (χ1) is 20.1. The summed E-state index contributed by atoms with van der Waals surface area (Å²) in [4.78, 5) is 22.9. The SMILES string of the molecule is CCCCCCCCCCCCCCCCCCCCCCCCCCCCCCCCC(=O)OC(=O)[C@@H](N)CO. The molecule has 0 saturated carbocycles. The van der Waals surface area contributed by atoms with Crippen LogP contribution in [0.3, 0.4) is 0 Å². The maximum absolute atomic E-state index is 11.6. The van der Waals surface area contributed by atoms with Gasteiger partial charge in [0.25, 0.3) is 0 Å². The molecule has 0 spiro atoms. The van der Waals surface area contributed by atoms with Crippen LogP contribution in [0.2, 0.25) is 0 Å². The quantitative estimate of drug-likeness (QED) is 0.0457. The summed E-state index contributed by atoms with van der Waals surface area (Å²) in [5.74, 6) is -1.39. The highest BCUT2D eigenvalue weighted by Gasteiger charge is 2.17. The molecule has 0 aliphatic carbocycles. The van der Waals surface area contributed by atoms with Crippen molar-refractivity contribution in [1.29, 1.82) is 0 Å². The molecule has 1 atom stereocenters. The van der Waals surface area contributed by atoms with Gasteiger partial charge in [0, 0.05) is 6.42 Å². The largest absolute Gasteiger partial charge is 0.394 e. The summed E-state index contributed by atoms with van der Waals surface area (Å²) in [6.07, 6.45) is 41.3. The Morgan fingerprint density at radius 3 is 0.976 bits per heavy atom. The second-order valence-corrected chi connectivity index (χ2v) is 12.6. The number of hydrogen-bond donors (Lipinski definition) is 2. The van der Waals surface area contributed by atoms with Crippen molar-refractivity contribution >= 4 is 11.9 Å². The number of carbonyl (C=O) groups is 2. The molecule has 0 aliphatic heterocycles. The fourth-order valence-electron chi connectivity index (χ4n) is 5.61. The van der Waals surface area contributed by atoms with E-state index in [-0.39, 0.29) is 6.42 Å². The first kappa shape index (κ1) is 40.1. The van der Waals surface area contributed by atoms with Crippen molar-refractivity contribution in [2.24, 2.45) is 5.73 Å². The normalized spacial score (nSPS) is 12.1. The van der Waals surface area contributed by atoms with Gasteiger partial charge in [-0.2, -0.15) is 0 Å². The molecule has 0 amide bonds. The van der Waals surface area contributed by atoms with Crippen LogP contribution in [-0.2, 0) is 14.3 Å². The van der Waals surface area contributed by atoms with Crippen LogP contribution in [0.5, 0.6) is 0 Å². The van der Waals surface area contributed by atoms with Crippen LogP contribution < -0.4 is 5.73 Å². The van der Waals surface area contributed by atoms with Gasteiger partial charge in [0.15, 0.2) is 0 Å². The van der Waals surface area contributed by atoms with Crippen LogP contribution in [0.4, 0.5) is 0 Å². The number of ether oxygens (including phenoxy) is 1. The van der Waals surface area contributed by atoms with Crippen molar-refractivity contribution in [2.75, 3.05) is 6.61 Å². The molecule has 41 heavy (non-hydrogen) atoms. The van der Waals surface area contributed by atoms with Gasteiger partial charge >= 0.3 is 11.9 Å². The summed E-state index contributed by atoms with van der Waals surface area (Å²) in [6, 6.07) is -1.13. The lowest BCUT2D eigenvalue weighted by Crippen LogP contribution is -2.36. The number of rotatable bonds is 33. The van der Waals surface area contributed by atoms with E-state index in [9.17, 15) is 9.59 Å². The van der Waals surface area contributed by atoms with E-state index in [0.29, 0.717) is 0 Å². The Bertz CT molecular complexity index is 554. The van der Waals surface area contributed by atoms with Gasteiger partial charge in [-0.25, -0.2) is 4.79 Å². The first-order valence-corrected chi connectivity index (χ1v) is 18.2. The van der Waals surface area contributed by atoms with Crippen LogP contribution in [0.1, 0.15) is 206 Å². The van der Waals surface area contributed by atoms with Crippen LogP contribution in [0.25, 0.3) is 0 Å². The van der Waals surface area contributed by atoms with Crippen molar-refractivity contribution < 1.29 is 19.4 Å². The fourth-order valence-corrected chi connectivity index (χ4v) is 5.61. The van der Waals surface area contributed by atoms with Crippen molar-refractivity contribution in [2.45, 2.75) is 212 Å². The van der Waals surface area contributed by atoms with Gasteiger partial charge in [-0.3, -0.25) is 4.79 Å². The van der Waals surface area contributed by atoms with Crippen LogP contribution in [-0.4, -0.2) is 29.7 Å². The molecule has 0 saturated heterocycles. The van der Waals surface area contributed by atoms with E-state index in [1.54, 1.807) is 0 Å². The zero-order valence-corrected chi connectivity index (χ0v) is 27.5. The molecule has 0 aromatic carbocycles. The van der Waals surface area contributed by atoms with Gasteiger partial charge in [-0.1, -0.05) is 193 Å². The number of hydrogen-bond acceptors (Lipinski definition) is 5. The summed E-state index contributed by atoms with van der Waals surface area (Å²) in [6.45, 7) is 1.79. The third kappa shape index (κ3) is 31.8. The summed E-state index contributed by atoms with van der Waals surface area (Å²) in [5, 5.41) is 8.77. The first-order valence-electron chi connectivity index (χ1n) is 18.2. The van der Waals surface area contributed by atoms with Gasteiger partial charge in [0.05, 0.1) is 6.61 Å². The Morgan fingerprint density at radius 1 is 0.488 bits per heavy atom. The number of carbonyl (C=O) groups excluding carboxylic acids is 2. The van der Waals surface area contributed by atoms with Gasteiger partial charge in [-0.15, -0.1) is 0 Å². The summed E-state index contributed by atoms with van der Waals surface area (Å²) in [5.41, 5.74) is 5.32. The highest BCUT2D eigenvalue weighted by atomic mass is 16.6. The van der Waals surface area contributed by atoms with E-state index < -0.39 is 24.6 Å². The van der Waals surface area contributed by atoms with Crippen LogP contribution in [0, 0.1) is 0 Å². The average molecular weight is 582 g/mol. The zero-order chi connectivity index (χ0) is 30.1. The predicted octanol–water partition coefficient (Wildman–Crippen LogP) is 10.5. The highest BCUT2D eigenvalue weighted by Crippen LogP contribution is 2.16. The van der Waals surface area contributed by atoms with Crippen molar-refractivity contribution in [3.63, 3.8) is 0 Å². The maximum atomic E-state index is 11.6. The second kappa shape index (κ2) is 33.6. The molecule has 0 bridgehead atoms. The lowest BCUT2D eigenvalue weighted by Gasteiger charge is -2.07. The molecule has 0 rings (SSSR count). The smallest absolute Gasteiger partial charge is 0.332 e. The standard InChI is InChI=1S/C36H71NO4/c1-2-3-4-5-6-7-8-9-10-11-12-13-14-15-16-17-18-19-20-21-22-23-24-25-26-27-28-29-30-31-32-35(39)41-36(40)34(37)33-38/h34,38H,2-33,37H2,1H3/t34-/m0/s1. The van der Waals surface area contributed by atoms with E-state index in [1.165, 1.54) is 173 Å². The van der Waals surface area contributed by atoms with E-state index >= 15 is 0 Å². The van der Waals surface area contributed by atoms with Gasteiger partial charge < -0.3 is 15.6 Å². The zero-order valence-electron chi connectivity index (χ0n) is 27.5. The Labute approximate surface area is 255 Å². The molecule has 5 nitrogen and oxygen atoms in total. The van der Waals surface area contributed by atoms with Crippen LogP contribution >= 0.6 is 0 Å². The fraction of sp³-hybridized carbons (Fsp3) is 0.944. The molecule has 3 N–H and O–H groups in total. The van der Waals surface area contributed by atoms with E-state index in [4.69, 9.17) is 10.8 Å². The highest BCUT2D eigenvalue weighted by molar-refractivity contribution is 5.88. The van der Waals surface area contributed by atoms with Gasteiger partial charge in [-0.05, 0) is 6.42 Å². The van der Waals surface area contributed by atoms with Gasteiger partial charge in [0.2, 0.25) is 0 Å². The van der Waals surface area contributed by atoms with E-state index in [2.05, 4.69) is 11.7 Å². The third-order valence-electron chi connectivity index (χ3n) is 8.45. The Hall–Kier alpha value is -0.940. The molecule has 0 aromatic heterocycles. The second-order valence-electron chi connectivity index (χ2n) is 12.6. The Balaban J connectivity index is 3.14. The average Bonchev–Trinajstić information content (AvgIpc) is 2.97. The predicted molar refractivity (Wildman–Crippen MR) is 175 cm³/mol. The molecule has 0 fully saturated rings. The van der Waals surface area contributed by atoms with E-state index in [0.717, 1.165) is 19.3 Å². The molecule has 0 aliphatic rings. The minimum atomic E-state index is -1.13. The molecule has 0 heterocycles. The number of aliphatic hydroxyl groups excluding tert-OH is 1. The number of aliphatic hydroxyl groups is 1. The molecule has 5 heteroatoms. The monoisotopic (exact) mass is 582 g/mol. The Morgan fingerprint density at radius 2 is 0.732 bits per heavy atom. The number of esters is 2. The number of unbranched alkanes of at least 4 members (excludes halogenated alkanes) is 29. The number of nitrogens with two attached hydrogens (primary N) is 1. The van der Waals surface area contributed by atoms with Crippen LogP contribution in [0.15, 0.2) is 0 Å². The summed E-state index contributed by atoms with van der Waals surface area (Å²) >= 11 is 0. The van der Waals surface area contributed by atoms with E-state index in [1.807, 2.05) is 0 Å². The molecular weight excluding hydrogens is 510 g/mol. The molecule has 0 radical (unpaired) electrons. The maximum Gasteiger partial charge on any atom is 0.332 e. The summed E-state index contributed by atoms with van der Waals surface area (Å²) < 4.78 is 4.60. The molecule has 0 unspecified atom stereocenters.